The van der Waals surface area contributed by atoms with Gasteiger partial charge in [-0.25, -0.2) is 9.50 Å². The van der Waals surface area contributed by atoms with Crippen molar-refractivity contribution in [3.05, 3.63) is 48.3 Å². The number of hydrogen-bond acceptors (Lipinski definition) is 3. The predicted molar refractivity (Wildman–Crippen MR) is 103 cm³/mol. The molecule has 29 heavy (non-hydrogen) atoms. The summed E-state index contributed by atoms with van der Waals surface area (Å²) in [7, 11) is 0. The number of anilines is 1. The van der Waals surface area contributed by atoms with Crippen molar-refractivity contribution in [1.29, 1.82) is 0 Å². The Morgan fingerprint density at radius 3 is 2.66 bits per heavy atom. The number of nitrogens with one attached hydrogen (secondary N) is 1. The maximum absolute atomic E-state index is 12.8. The fourth-order valence-electron chi connectivity index (χ4n) is 3.83. The highest BCUT2D eigenvalue weighted by atomic mass is 19.4. The number of amides is 1. The highest BCUT2D eigenvalue weighted by Crippen LogP contribution is 2.39. The van der Waals surface area contributed by atoms with Gasteiger partial charge in [0.15, 0.2) is 5.82 Å². The number of aryl methyl sites for hydroxylation is 1. The summed E-state index contributed by atoms with van der Waals surface area (Å²) in [6, 6.07) is 9.24. The van der Waals surface area contributed by atoms with Crippen molar-refractivity contribution in [2.24, 2.45) is 11.8 Å². The zero-order valence-corrected chi connectivity index (χ0v) is 15.9. The summed E-state index contributed by atoms with van der Waals surface area (Å²) < 4.78 is 40.2. The van der Waals surface area contributed by atoms with Crippen molar-refractivity contribution in [1.82, 2.24) is 14.6 Å². The number of halogens is 3. The first-order valence-electron chi connectivity index (χ1n) is 9.60. The van der Waals surface area contributed by atoms with E-state index in [0.717, 1.165) is 16.6 Å². The van der Waals surface area contributed by atoms with E-state index < -0.39 is 18.0 Å². The maximum Gasteiger partial charge on any atom is 0.391 e. The van der Waals surface area contributed by atoms with Crippen LogP contribution in [0.1, 0.15) is 31.2 Å². The molecule has 0 atom stereocenters. The Balaban J connectivity index is 1.48. The highest BCUT2D eigenvalue weighted by Gasteiger charge is 2.42. The van der Waals surface area contributed by atoms with Crippen LogP contribution < -0.4 is 5.32 Å². The molecule has 2 heterocycles. The van der Waals surface area contributed by atoms with Gasteiger partial charge in [0.25, 0.3) is 0 Å². The summed E-state index contributed by atoms with van der Waals surface area (Å²) >= 11 is 0. The van der Waals surface area contributed by atoms with Gasteiger partial charge in [-0.3, -0.25) is 4.79 Å². The lowest BCUT2D eigenvalue weighted by Gasteiger charge is -2.29. The first-order chi connectivity index (χ1) is 13.8. The van der Waals surface area contributed by atoms with Gasteiger partial charge in [-0.05, 0) is 62.4 Å². The molecule has 1 aliphatic rings. The molecular formula is C21H21F3N4O. The summed E-state index contributed by atoms with van der Waals surface area (Å²) in [6.07, 6.45) is -0.0970. The zero-order chi connectivity index (χ0) is 20.6. The van der Waals surface area contributed by atoms with E-state index in [2.05, 4.69) is 15.4 Å². The molecule has 0 unspecified atom stereocenters. The largest absolute Gasteiger partial charge is 0.391 e. The van der Waals surface area contributed by atoms with E-state index in [9.17, 15) is 18.0 Å². The minimum Gasteiger partial charge on any atom is -0.326 e. The van der Waals surface area contributed by atoms with Gasteiger partial charge in [0.2, 0.25) is 5.91 Å². The first-order valence-corrected chi connectivity index (χ1v) is 9.60. The molecule has 0 aliphatic heterocycles. The van der Waals surface area contributed by atoms with E-state index in [1.54, 1.807) is 22.8 Å². The number of carbonyl (C=O) groups is 1. The molecule has 3 aromatic rings. The molecule has 1 N–H and O–H groups in total. The van der Waals surface area contributed by atoms with Crippen LogP contribution in [-0.4, -0.2) is 26.7 Å². The van der Waals surface area contributed by atoms with Crippen molar-refractivity contribution in [3.63, 3.8) is 0 Å². The molecule has 2 aromatic heterocycles. The van der Waals surface area contributed by atoms with Gasteiger partial charge in [0.05, 0.1) is 17.6 Å². The van der Waals surface area contributed by atoms with Crippen molar-refractivity contribution < 1.29 is 18.0 Å². The van der Waals surface area contributed by atoms with E-state index in [-0.39, 0.29) is 31.6 Å². The summed E-state index contributed by atoms with van der Waals surface area (Å²) in [5.41, 5.74) is 3.22. The Bertz CT molecular complexity index is 1040. The number of rotatable bonds is 3. The third-order valence-electron chi connectivity index (χ3n) is 5.59. The summed E-state index contributed by atoms with van der Waals surface area (Å²) in [5.74, 6) is -1.39. The number of nitrogens with zero attached hydrogens (tertiary/aromatic N) is 3. The normalized spacial score (nSPS) is 20.0. The van der Waals surface area contributed by atoms with Crippen LogP contribution in [0.3, 0.4) is 0 Å². The van der Waals surface area contributed by atoms with Gasteiger partial charge in [-0.1, -0.05) is 6.07 Å². The van der Waals surface area contributed by atoms with Gasteiger partial charge >= 0.3 is 6.18 Å². The van der Waals surface area contributed by atoms with E-state index in [1.165, 1.54) is 0 Å². The smallest absolute Gasteiger partial charge is 0.326 e. The Labute approximate surface area is 166 Å². The average molecular weight is 402 g/mol. The molecule has 1 amide bonds. The molecular weight excluding hydrogens is 381 g/mol. The lowest BCUT2D eigenvalue weighted by atomic mass is 9.81. The van der Waals surface area contributed by atoms with Gasteiger partial charge in [0.1, 0.15) is 0 Å². The van der Waals surface area contributed by atoms with E-state index >= 15 is 0 Å². The summed E-state index contributed by atoms with van der Waals surface area (Å²) in [6.45, 7) is 1.93. The Morgan fingerprint density at radius 1 is 1.17 bits per heavy atom. The summed E-state index contributed by atoms with van der Waals surface area (Å²) in [5, 5.41) is 7.35. The number of fused-ring (bicyclic) bond motifs is 1. The van der Waals surface area contributed by atoms with Crippen LogP contribution in [0.4, 0.5) is 18.9 Å². The molecule has 8 heteroatoms. The van der Waals surface area contributed by atoms with E-state index in [1.807, 2.05) is 31.3 Å². The summed E-state index contributed by atoms with van der Waals surface area (Å²) in [4.78, 5) is 17.0. The van der Waals surface area contributed by atoms with Gasteiger partial charge in [0, 0.05) is 23.4 Å². The van der Waals surface area contributed by atoms with Gasteiger partial charge in [-0.15, -0.1) is 5.10 Å². The first kappa shape index (κ1) is 19.4. The van der Waals surface area contributed by atoms with E-state index in [4.69, 9.17) is 0 Å². The molecule has 152 valence electrons. The quantitative estimate of drug-likeness (QED) is 0.670. The molecule has 0 radical (unpaired) electrons. The second kappa shape index (κ2) is 7.50. The molecule has 0 saturated heterocycles. The Hall–Kier alpha value is -2.90. The number of alkyl halides is 3. The Kier molecular flexibility index (Phi) is 5.02. The molecule has 5 nitrogen and oxygen atoms in total. The van der Waals surface area contributed by atoms with Crippen LogP contribution in [0.25, 0.3) is 16.9 Å². The van der Waals surface area contributed by atoms with Crippen LogP contribution >= 0.6 is 0 Å². The molecule has 0 spiro atoms. The molecule has 1 aromatic carbocycles. The number of carbonyl (C=O) groups excluding carboxylic acids is 1. The van der Waals surface area contributed by atoms with Crippen molar-refractivity contribution in [2.45, 2.75) is 38.8 Å². The third kappa shape index (κ3) is 4.11. The Morgan fingerprint density at radius 2 is 1.93 bits per heavy atom. The van der Waals surface area contributed by atoms with Crippen LogP contribution in [0.5, 0.6) is 0 Å². The van der Waals surface area contributed by atoms with Crippen LogP contribution in [-0.2, 0) is 4.79 Å². The molecule has 1 saturated carbocycles. The number of hydrogen-bond donors (Lipinski definition) is 1. The van der Waals surface area contributed by atoms with Crippen LogP contribution in [0, 0.1) is 18.8 Å². The predicted octanol–water partition coefficient (Wildman–Crippen LogP) is 5.01. The number of benzene rings is 1. The topological polar surface area (TPSA) is 59.3 Å². The van der Waals surface area contributed by atoms with Gasteiger partial charge in [-0.2, -0.15) is 13.2 Å². The van der Waals surface area contributed by atoms with Crippen molar-refractivity contribution in [2.75, 3.05) is 5.32 Å². The van der Waals surface area contributed by atoms with Gasteiger partial charge < -0.3 is 5.32 Å². The fraction of sp³-hybridized carbons (Fsp3) is 0.381. The fourth-order valence-corrected chi connectivity index (χ4v) is 3.83. The van der Waals surface area contributed by atoms with Crippen LogP contribution in [0.2, 0.25) is 0 Å². The minimum absolute atomic E-state index is 0.00542. The minimum atomic E-state index is -4.17. The molecule has 4 rings (SSSR count). The van der Waals surface area contributed by atoms with E-state index in [0.29, 0.717) is 11.5 Å². The van der Waals surface area contributed by atoms with Crippen molar-refractivity contribution in [3.8, 4) is 11.4 Å². The lowest BCUT2D eigenvalue weighted by Crippen LogP contribution is -2.32. The SMILES string of the molecule is Cc1ccc(NC(=O)C2CCC(C(F)(F)F)CC2)cc1-c1ncc2cccn2n1. The average Bonchev–Trinajstić information content (AvgIpc) is 3.16. The number of aromatic nitrogens is 3. The van der Waals surface area contributed by atoms with Crippen LogP contribution in [0.15, 0.2) is 42.7 Å². The monoisotopic (exact) mass is 402 g/mol. The second-order valence-electron chi connectivity index (χ2n) is 7.57. The van der Waals surface area contributed by atoms with Crippen molar-refractivity contribution >= 4 is 17.1 Å². The highest BCUT2D eigenvalue weighted by molar-refractivity contribution is 5.93. The molecule has 0 bridgehead atoms. The second-order valence-corrected chi connectivity index (χ2v) is 7.57. The maximum atomic E-state index is 12.8. The standard InChI is InChI=1S/C21H21F3N4O/c1-13-4-9-16(11-18(13)19-25-12-17-3-2-10-28(17)27-19)26-20(29)14-5-7-15(8-6-14)21(22,23)24/h2-4,9-12,14-15H,5-8H2,1H3,(H,26,29). The third-order valence-corrected chi connectivity index (χ3v) is 5.59. The lowest BCUT2D eigenvalue weighted by molar-refractivity contribution is -0.184. The zero-order valence-electron chi connectivity index (χ0n) is 15.9. The molecule has 1 fully saturated rings. The molecule has 1 aliphatic carbocycles.